The van der Waals surface area contributed by atoms with E-state index in [-0.39, 0.29) is 5.41 Å². The van der Waals surface area contributed by atoms with Crippen LogP contribution in [0.15, 0.2) is 84.2 Å². The first kappa shape index (κ1) is 16.0. The fraction of sp³-hybridized carbons (Fsp3) is 0.304. The third kappa shape index (κ3) is 3.09. The molecule has 0 saturated carbocycles. The quantitative estimate of drug-likeness (QED) is 0.859. The van der Waals surface area contributed by atoms with Crippen molar-refractivity contribution in [1.29, 1.82) is 0 Å². The Morgan fingerprint density at radius 2 is 1.08 bits per heavy atom. The molecule has 2 heterocycles. The zero-order valence-electron chi connectivity index (χ0n) is 15.0. The van der Waals surface area contributed by atoms with Crippen LogP contribution in [0.2, 0.25) is 0 Å². The number of hydrogen-bond donors (Lipinski definition) is 2. The van der Waals surface area contributed by atoms with Crippen molar-refractivity contribution in [3.05, 3.63) is 95.3 Å². The second-order valence-electron chi connectivity index (χ2n) is 7.58. The molecule has 2 aliphatic rings. The zero-order chi connectivity index (χ0) is 17.3. The van der Waals surface area contributed by atoms with Crippen molar-refractivity contribution in [1.82, 2.24) is 10.6 Å². The van der Waals surface area contributed by atoms with Gasteiger partial charge in [0, 0.05) is 41.7 Å². The van der Waals surface area contributed by atoms with E-state index >= 15 is 0 Å². The molecule has 25 heavy (non-hydrogen) atoms. The highest BCUT2D eigenvalue weighted by atomic mass is 15.0. The molecule has 2 aliphatic heterocycles. The Hall–Kier alpha value is -2.48. The van der Waals surface area contributed by atoms with Crippen LogP contribution in [0, 0.1) is 5.41 Å². The Bertz CT molecular complexity index is 720. The van der Waals surface area contributed by atoms with Crippen molar-refractivity contribution in [2.75, 3.05) is 13.1 Å². The van der Waals surface area contributed by atoms with E-state index in [4.69, 9.17) is 0 Å². The Morgan fingerprint density at radius 3 is 1.48 bits per heavy atom. The summed E-state index contributed by atoms with van der Waals surface area (Å²) in [5.41, 5.74) is 5.41. The van der Waals surface area contributed by atoms with Gasteiger partial charge in [-0.25, -0.2) is 0 Å². The Morgan fingerprint density at radius 1 is 0.680 bits per heavy atom. The van der Waals surface area contributed by atoms with Crippen LogP contribution in [0.3, 0.4) is 0 Å². The lowest BCUT2D eigenvalue weighted by Crippen LogP contribution is -2.30. The van der Waals surface area contributed by atoms with Gasteiger partial charge < -0.3 is 10.6 Å². The minimum absolute atomic E-state index is 0.0208. The zero-order valence-corrected chi connectivity index (χ0v) is 15.0. The fourth-order valence-corrected chi connectivity index (χ4v) is 3.91. The van der Waals surface area contributed by atoms with Gasteiger partial charge in [-0.05, 0) is 25.0 Å². The summed E-state index contributed by atoms with van der Waals surface area (Å²) < 4.78 is 0. The Labute approximate surface area is 150 Å². The summed E-state index contributed by atoms with van der Waals surface area (Å²) in [6.07, 6.45) is 4.82. The molecular formula is C23H26N2. The monoisotopic (exact) mass is 330 g/mol. The van der Waals surface area contributed by atoms with Crippen LogP contribution in [-0.4, -0.2) is 13.1 Å². The molecule has 0 spiro atoms. The summed E-state index contributed by atoms with van der Waals surface area (Å²) in [6, 6.07) is 21.5. The van der Waals surface area contributed by atoms with E-state index in [1.54, 1.807) is 0 Å². The van der Waals surface area contributed by atoms with Crippen molar-refractivity contribution in [2.24, 2.45) is 5.41 Å². The van der Waals surface area contributed by atoms with Crippen LogP contribution >= 0.6 is 0 Å². The molecule has 4 rings (SSSR count). The van der Waals surface area contributed by atoms with Crippen molar-refractivity contribution in [2.45, 2.75) is 25.7 Å². The highest BCUT2D eigenvalue weighted by molar-refractivity contribution is 5.38. The van der Waals surface area contributed by atoms with Crippen LogP contribution in [0.5, 0.6) is 0 Å². The average Bonchev–Trinajstić information content (AvgIpc) is 3.34. The van der Waals surface area contributed by atoms with Crippen LogP contribution in [0.4, 0.5) is 0 Å². The van der Waals surface area contributed by atoms with Crippen molar-refractivity contribution in [3.8, 4) is 0 Å². The topological polar surface area (TPSA) is 24.1 Å². The molecule has 0 amide bonds. The van der Waals surface area contributed by atoms with E-state index in [1.165, 1.54) is 22.5 Å². The first-order chi connectivity index (χ1) is 12.1. The van der Waals surface area contributed by atoms with Crippen molar-refractivity contribution < 1.29 is 0 Å². The summed E-state index contributed by atoms with van der Waals surface area (Å²) in [6.45, 7) is 6.59. The van der Waals surface area contributed by atoms with Gasteiger partial charge in [0.05, 0.1) is 0 Å². The normalized spacial score (nSPS) is 22.8. The van der Waals surface area contributed by atoms with Gasteiger partial charge in [-0.3, -0.25) is 0 Å². The van der Waals surface area contributed by atoms with Gasteiger partial charge in [-0.15, -0.1) is 0 Å². The van der Waals surface area contributed by atoms with Gasteiger partial charge in [0.1, 0.15) is 0 Å². The molecule has 2 heteroatoms. The molecular weight excluding hydrogens is 304 g/mol. The Kier molecular flexibility index (Phi) is 4.12. The SMILES string of the molecule is CC(C)(C1=CC(c2ccccc2)CN1)C1=C[C@@H](c2ccccc2)CN1. The minimum atomic E-state index is -0.0208. The van der Waals surface area contributed by atoms with Gasteiger partial charge in [-0.1, -0.05) is 72.8 Å². The molecule has 2 N–H and O–H groups in total. The summed E-state index contributed by atoms with van der Waals surface area (Å²) in [5.74, 6) is 0.921. The van der Waals surface area contributed by atoms with Crippen molar-refractivity contribution >= 4 is 0 Å². The van der Waals surface area contributed by atoms with Crippen LogP contribution < -0.4 is 10.6 Å². The van der Waals surface area contributed by atoms with E-state index in [0.717, 1.165) is 13.1 Å². The average molecular weight is 330 g/mol. The molecule has 0 aliphatic carbocycles. The molecule has 128 valence electrons. The summed E-state index contributed by atoms with van der Waals surface area (Å²) in [5, 5.41) is 7.31. The van der Waals surface area contributed by atoms with E-state index in [1.807, 2.05) is 0 Å². The smallest absolute Gasteiger partial charge is 0.0434 e. The summed E-state index contributed by atoms with van der Waals surface area (Å²) in [7, 11) is 0. The second-order valence-corrected chi connectivity index (χ2v) is 7.58. The van der Waals surface area contributed by atoms with E-state index < -0.39 is 0 Å². The molecule has 2 aromatic rings. The molecule has 0 radical (unpaired) electrons. The molecule has 0 bridgehead atoms. The highest BCUT2D eigenvalue weighted by Gasteiger charge is 2.35. The van der Waals surface area contributed by atoms with Crippen LogP contribution in [0.1, 0.15) is 36.8 Å². The molecule has 0 fully saturated rings. The second kappa shape index (κ2) is 6.44. The lowest BCUT2D eigenvalue weighted by molar-refractivity contribution is 0.477. The first-order valence-electron chi connectivity index (χ1n) is 9.17. The van der Waals surface area contributed by atoms with Gasteiger partial charge in [0.25, 0.3) is 0 Å². The number of nitrogens with one attached hydrogen (secondary N) is 2. The number of hydrogen-bond acceptors (Lipinski definition) is 2. The molecule has 0 aromatic heterocycles. The Balaban J connectivity index is 1.56. The number of rotatable bonds is 4. The largest absolute Gasteiger partial charge is 0.387 e. The third-order valence-electron chi connectivity index (χ3n) is 5.56. The van der Waals surface area contributed by atoms with E-state index in [0.29, 0.717) is 11.8 Å². The number of benzene rings is 2. The molecule has 2 nitrogen and oxygen atoms in total. The highest BCUT2D eigenvalue weighted by Crippen LogP contribution is 2.40. The van der Waals surface area contributed by atoms with Gasteiger partial charge in [0.15, 0.2) is 0 Å². The van der Waals surface area contributed by atoms with Crippen molar-refractivity contribution in [3.63, 3.8) is 0 Å². The summed E-state index contributed by atoms with van der Waals surface area (Å²) >= 11 is 0. The minimum Gasteiger partial charge on any atom is -0.387 e. The lowest BCUT2D eigenvalue weighted by atomic mass is 9.84. The molecule has 0 saturated heterocycles. The molecule has 2 aromatic carbocycles. The van der Waals surface area contributed by atoms with Crippen LogP contribution in [0.25, 0.3) is 0 Å². The van der Waals surface area contributed by atoms with E-state index in [2.05, 4.69) is 97.3 Å². The van der Waals surface area contributed by atoms with E-state index in [9.17, 15) is 0 Å². The maximum Gasteiger partial charge on any atom is 0.0434 e. The summed E-state index contributed by atoms with van der Waals surface area (Å²) in [4.78, 5) is 0. The van der Waals surface area contributed by atoms with Crippen LogP contribution in [-0.2, 0) is 0 Å². The van der Waals surface area contributed by atoms with Gasteiger partial charge in [0.2, 0.25) is 0 Å². The maximum absolute atomic E-state index is 3.66. The predicted molar refractivity (Wildman–Crippen MR) is 104 cm³/mol. The third-order valence-corrected chi connectivity index (χ3v) is 5.56. The fourth-order valence-electron chi connectivity index (χ4n) is 3.91. The van der Waals surface area contributed by atoms with Gasteiger partial charge >= 0.3 is 0 Å². The van der Waals surface area contributed by atoms with Gasteiger partial charge in [-0.2, -0.15) is 0 Å². The molecule has 2 atom stereocenters. The standard InChI is InChI=1S/C23H26N2/c1-23(2,21-13-19(15-24-21)17-9-5-3-6-10-17)22-14-20(16-25-22)18-11-7-4-8-12-18/h3-14,19-20,24-25H,15-16H2,1-2H3/t19-,20?/m1/s1. The predicted octanol–water partition coefficient (Wildman–Crippen LogP) is 4.55. The maximum atomic E-state index is 3.66. The lowest BCUT2D eigenvalue weighted by Gasteiger charge is -2.28. The first-order valence-corrected chi connectivity index (χ1v) is 9.17. The molecule has 1 unspecified atom stereocenters.